The molecule has 25 heavy (non-hydrogen) atoms. The fourth-order valence-corrected chi connectivity index (χ4v) is 2.96. The van der Waals surface area contributed by atoms with Crippen molar-refractivity contribution in [2.24, 2.45) is 7.05 Å². The summed E-state index contributed by atoms with van der Waals surface area (Å²) in [5, 5.41) is 7.14. The van der Waals surface area contributed by atoms with Crippen molar-refractivity contribution >= 4 is 5.91 Å². The van der Waals surface area contributed by atoms with E-state index >= 15 is 0 Å². The van der Waals surface area contributed by atoms with Gasteiger partial charge in [-0.1, -0.05) is 0 Å². The van der Waals surface area contributed by atoms with Crippen molar-refractivity contribution in [1.82, 2.24) is 20.0 Å². The van der Waals surface area contributed by atoms with Gasteiger partial charge in [-0.3, -0.25) is 14.4 Å². The third kappa shape index (κ3) is 5.32. The lowest BCUT2D eigenvalue weighted by Gasteiger charge is -2.14. The number of nitrogens with one attached hydrogen (secondary N) is 1. The molecule has 0 unspecified atom stereocenters. The first-order valence-electron chi connectivity index (χ1n) is 8.83. The lowest BCUT2D eigenvalue weighted by Crippen LogP contribution is -2.36. The number of hydrogen-bond donors (Lipinski definition) is 1. The lowest BCUT2D eigenvalue weighted by atomic mass is 10.1. The van der Waals surface area contributed by atoms with Crippen LogP contribution in [-0.4, -0.2) is 53.4 Å². The predicted molar refractivity (Wildman–Crippen MR) is 96.3 cm³/mol. The van der Waals surface area contributed by atoms with E-state index in [1.807, 2.05) is 37.6 Å². The molecule has 2 heterocycles. The molecular formula is C19H25N4O2. The van der Waals surface area contributed by atoms with Crippen LogP contribution in [0, 0.1) is 6.07 Å². The summed E-state index contributed by atoms with van der Waals surface area (Å²) >= 11 is 0. The summed E-state index contributed by atoms with van der Waals surface area (Å²) in [6, 6.07) is 8.83. The molecule has 1 amide bonds. The largest absolute Gasteiger partial charge is 0.493 e. The topological polar surface area (TPSA) is 59.4 Å². The standard InChI is InChI=1S/C19H25N4O2/c1-22-14-17(13-21-22)16-6-4-7-18(12-16)25-11-5-8-20-19(24)15-23-9-2-3-10-23/h6-7,12-14H,2-3,5,8-11,15H2,1H3,(H,20,24). The molecule has 1 aliphatic heterocycles. The van der Waals surface area contributed by atoms with Crippen LogP contribution in [0.2, 0.25) is 0 Å². The monoisotopic (exact) mass is 341 g/mol. The van der Waals surface area contributed by atoms with Gasteiger partial charge in [0.15, 0.2) is 0 Å². The Hall–Kier alpha value is -2.34. The Morgan fingerprint density at radius 3 is 2.92 bits per heavy atom. The first kappa shape index (κ1) is 17.5. The molecule has 3 rings (SSSR count). The van der Waals surface area contributed by atoms with E-state index in [1.165, 1.54) is 12.8 Å². The fraction of sp³-hybridized carbons (Fsp3) is 0.474. The van der Waals surface area contributed by atoms with Crippen LogP contribution in [-0.2, 0) is 11.8 Å². The highest BCUT2D eigenvalue weighted by atomic mass is 16.5. The Morgan fingerprint density at radius 2 is 2.16 bits per heavy atom. The molecule has 0 atom stereocenters. The number of likely N-dealkylation sites (tertiary alicyclic amines) is 1. The average molecular weight is 341 g/mol. The molecule has 6 nitrogen and oxygen atoms in total. The number of carbonyl (C=O) groups excluding carboxylic acids is 1. The van der Waals surface area contributed by atoms with Crippen LogP contribution >= 0.6 is 0 Å². The highest BCUT2D eigenvalue weighted by Gasteiger charge is 2.14. The van der Waals surface area contributed by atoms with Gasteiger partial charge in [0.05, 0.1) is 19.3 Å². The Kier molecular flexibility index (Phi) is 6.06. The summed E-state index contributed by atoms with van der Waals surface area (Å²) < 4.78 is 7.54. The molecule has 1 radical (unpaired) electrons. The second-order valence-corrected chi connectivity index (χ2v) is 6.40. The molecule has 1 aromatic heterocycles. The second-order valence-electron chi connectivity index (χ2n) is 6.40. The van der Waals surface area contributed by atoms with Gasteiger partial charge in [0.1, 0.15) is 5.75 Å². The molecule has 0 aliphatic carbocycles. The van der Waals surface area contributed by atoms with Gasteiger partial charge in [0.25, 0.3) is 0 Å². The first-order valence-corrected chi connectivity index (χ1v) is 8.83. The van der Waals surface area contributed by atoms with Crippen LogP contribution in [0.5, 0.6) is 5.75 Å². The van der Waals surface area contributed by atoms with Crippen molar-refractivity contribution < 1.29 is 9.53 Å². The van der Waals surface area contributed by atoms with Crippen LogP contribution < -0.4 is 10.1 Å². The van der Waals surface area contributed by atoms with Crippen LogP contribution in [0.15, 0.2) is 30.6 Å². The first-order chi connectivity index (χ1) is 12.2. The van der Waals surface area contributed by atoms with Crippen molar-refractivity contribution in [1.29, 1.82) is 0 Å². The zero-order valence-corrected chi connectivity index (χ0v) is 14.7. The number of aromatic nitrogens is 2. The van der Waals surface area contributed by atoms with Crippen molar-refractivity contribution in [3.63, 3.8) is 0 Å². The van der Waals surface area contributed by atoms with E-state index in [1.54, 1.807) is 4.68 Å². The fourth-order valence-electron chi connectivity index (χ4n) is 2.96. The van der Waals surface area contributed by atoms with Crippen LogP contribution in [0.4, 0.5) is 0 Å². The van der Waals surface area contributed by atoms with Crippen LogP contribution in [0.25, 0.3) is 11.1 Å². The number of aryl methyl sites for hydroxylation is 1. The van der Waals surface area contributed by atoms with Crippen molar-refractivity contribution in [3.8, 4) is 16.9 Å². The highest BCUT2D eigenvalue weighted by molar-refractivity contribution is 5.78. The van der Waals surface area contributed by atoms with Gasteiger partial charge >= 0.3 is 0 Å². The van der Waals surface area contributed by atoms with Crippen molar-refractivity contribution in [2.75, 3.05) is 32.8 Å². The van der Waals surface area contributed by atoms with E-state index in [9.17, 15) is 4.79 Å². The smallest absolute Gasteiger partial charge is 0.234 e. The normalized spacial score (nSPS) is 14.6. The molecule has 2 aromatic rings. The summed E-state index contributed by atoms with van der Waals surface area (Å²) in [7, 11) is 1.89. The molecule has 1 saturated heterocycles. The lowest BCUT2D eigenvalue weighted by molar-refractivity contribution is -0.122. The van der Waals surface area contributed by atoms with E-state index < -0.39 is 0 Å². The maximum Gasteiger partial charge on any atom is 0.234 e. The predicted octanol–water partition coefficient (Wildman–Crippen LogP) is 1.87. The summed E-state index contributed by atoms with van der Waals surface area (Å²) in [5.74, 6) is 0.888. The zero-order chi connectivity index (χ0) is 17.5. The van der Waals surface area contributed by atoms with Gasteiger partial charge < -0.3 is 10.1 Å². The number of carbonyl (C=O) groups is 1. The number of benzene rings is 1. The summed E-state index contributed by atoms with van der Waals surface area (Å²) in [4.78, 5) is 14.0. The number of nitrogens with zero attached hydrogens (tertiary/aromatic N) is 3. The molecule has 6 heteroatoms. The number of hydrogen-bond acceptors (Lipinski definition) is 4. The van der Waals surface area contributed by atoms with Crippen molar-refractivity contribution in [3.05, 3.63) is 36.7 Å². The minimum atomic E-state index is 0.105. The summed E-state index contributed by atoms with van der Waals surface area (Å²) in [6.45, 7) is 3.80. The Bertz CT molecular complexity index is 692. The van der Waals surface area contributed by atoms with E-state index in [4.69, 9.17) is 4.74 Å². The molecule has 0 bridgehead atoms. The Morgan fingerprint density at radius 1 is 1.32 bits per heavy atom. The Balaban J connectivity index is 1.37. The molecule has 0 spiro atoms. The maximum absolute atomic E-state index is 11.8. The number of amides is 1. The molecule has 1 N–H and O–H groups in total. The number of ether oxygens (including phenoxy) is 1. The van der Waals surface area contributed by atoms with Gasteiger partial charge in [0.2, 0.25) is 5.91 Å². The molecule has 133 valence electrons. The molecule has 1 fully saturated rings. The SMILES string of the molecule is Cn1cc(-c2c[c]cc(OCCCNC(=O)CN3CCCC3)c2)cn1. The minimum absolute atomic E-state index is 0.105. The van der Waals surface area contributed by atoms with Crippen LogP contribution in [0.3, 0.4) is 0 Å². The Labute approximate surface area is 148 Å². The molecule has 1 aliphatic rings. The second kappa shape index (κ2) is 8.67. The van der Waals surface area contributed by atoms with E-state index in [0.29, 0.717) is 19.7 Å². The minimum Gasteiger partial charge on any atom is -0.493 e. The quantitative estimate of drug-likeness (QED) is 0.745. The van der Waals surface area contributed by atoms with E-state index in [0.717, 1.165) is 36.4 Å². The average Bonchev–Trinajstić information content (AvgIpc) is 3.26. The van der Waals surface area contributed by atoms with Gasteiger partial charge in [-0.2, -0.15) is 5.10 Å². The number of rotatable bonds is 8. The van der Waals surface area contributed by atoms with E-state index in [2.05, 4.69) is 21.4 Å². The molecule has 1 aromatic carbocycles. The highest BCUT2D eigenvalue weighted by Crippen LogP contribution is 2.22. The maximum atomic E-state index is 11.8. The summed E-state index contributed by atoms with van der Waals surface area (Å²) in [6.07, 6.45) is 6.97. The third-order valence-corrected chi connectivity index (χ3v) is 4.28. The van der Waals surface area contributed by atoms with Gasteiger partial charge in [-0.25, -0.2) is 0 Å². The molecule has 0 saturated carbocycles. The summed E-state index contributed by atoms with van der Waals surface area (Å²) in [5.41, 5.74) is 2.07. The molecular weight excluding hydrogens is 316 g/mol. The van der Waals surface area contributed by atoms with Crippen LogP contribution in [0.1, 0.15) is 19.3 Å². The van der Waals surface area contributed by atoms with E-state index in [-0.39, 0.29) is 5.91 Å². The van der Waals surface area contributed by atoms with Gasteiger partial charge in [-0.05, 0) is 62.2 Å². The van der Waals surface area contributed by atoms with Gasteiger partial charge in [0, 0.05) is 25.4 Å². The zero-order valence-electron chi connectivity index (χ0n) is 14.7. The van der Waals surface area contributed by atoms with Crippen molar-refractivity contribution in [2.45, 2.75) is 19.3 Å². The third-order valence-electron chi connectivity index (χ3n) is 4.28. The van der Waals surface area contributed by atoms with Gasteiger partial charge in [-0.15, -0.1) is 0 Å².